The van der Waals surface area contributed by atoms with E-state index in [-0.39, 0.29) is 0 Å². The van der Waals surface area contributed by atoms with Crippen LogP contribution in [0.15, 0.2) is 24.5 Å². The minimum Gasteiger partial charge on any atom is -0.300 e. The minimum absolute atomic E-state index is 0.527. The highest BCUT2D eigenvalue weighted by Crippen LogP contribution is 2.22. The Hall–Kier alpha value is -0.890. The van der Waals surface area contributed by atoms with E-state index in [1.165, 1.54) is 18.4 Å². The van der Waals surface area contributed by atoms with E-state index in [1.807, 2.05) is 18.5 Å². The molecule has 0 aliphatic heterocycles. The van der Waals surface area contributed by atoms with Crippen molar-refractivity contribution in [1.29, 1.82) is 0 Å². The molecule has 0 aliphatic carbocycles. The van der Waals surface area contributed by atoms with Gasteiger partial charge in [0.2, 0.25) is 0 Å². The van der Waals surface area contributed by atoms with Crippen LogP contribution >= 0.6 is 0 Å². The summed E-state index contributed by atoms with van der Waals surface area (Å²) in [6.45, 7) is 5.51. The Bertz CT molecular complexity index is 246. The summed E-state index contributed by atoms with van der Waals surface area (Å²) in [6, 6.07) is 4.71. The van der Waals surface area contributed by atoms with E-state index >= 15 is 0 Å². The average molecular weight is 192 g/mol. The van der Waals surface area contributed by atoms with Crippen molar-refractivity contribution >= 4 is 0 Å². The third kappa shape index (κ3) is 2.81. The third-order valence-corrected chi connectivity index (χ3v) is 2.66. The van der Waals surface area contributed by atoms with Gasteiger partial charge in [-0.15, -0.1) is 0 Å². The second-order valence-electron chi connectivity index (χ2n) is 3.66. The summed E-state index contributed by atoms with van der Waals surface area (Å²) in [5.41, 5.74) is 1.33. The highest BCUT2D eigenvalue weighted by Gasteiger charge is 2.14. The summed E-state index contributed by atoms with van der Waals surface area (Å²) in [4.78, 5) is 6.55. The molecular weight excluding hydrogens is 172 g/mol. The van der Waals surface area contributed by atoms with Crippen molar-refractivity contribution in [2.45, 2.75) is 32.7 Å². The van der Waals surface area contributed by atoms with Gasteiger partial charge < -0.3 is 0 Å². The van der Waals surface area contributed by atoms with Gasteiger partial charge in [-0.05, 0) is 31.6 Å². The number of rotatable bonds is 5. The van der Waals surface area contributed by atoms with E-state index in [4.69, 9.17) is 0 Å². The Kier molecular flexibility index (Phi) is 4.60. The molecule has 2 nitrogen and oxygen atoms in total. The van der Waals surface area contributed by atoms with Crippen LogP contribution in [-0.2, 0) is 0 Å². The van der Waals surface area contributed by atoms with Crippen LogP contribution in [0.5, 0.6) is 0 Å². The van der Waals surface area contributed by atoms with Gasteiger partial charge >= 0.3 is 0 Å². The maximum absolute atomic E-state index is 4.18. The fourth-order valence-corrected chi connectivity index (χ4v) is 1.71. The van der Waals surface area contributed by atoms with Gasteiger partial charge in [0, 0.05) is 18.4 Å². The topological polar surface area (TPSA) is 16.1 Å². The van der Waals surface area contributed by atoms with E-state index in [9.17, 15) is 0 Å². The fraction of sp³-hybridized carbons (Fsp3) is 0.583. The summed E-state index contributed by atoms with van der Waals surface area (Å²) in [6.07, 6.45) is 6.23. The first kappa shape index (κ1) is 11.2. The van der Waals surface area contributed by atoms with Gasteiger partial charge in [-0.2, -0.15) is 0 Å². The van der Waals surface area contributed by atoms with Crippen LogP contribution in [0, 0.1) is 0 Å². The predicted molar refractivity (Wildman–Crippen MR) is 60.2 cm³/mol. The second kappa shape index (κ2) is 5.76. The zero-order chi connectivity index (χ0) is 10.4. The van der Waals surface area contributed by atoms with Crippen molar-refractivity contribution in [1.82, 2.24) is 9.88 Å². The first-order chi connectivity index (χ1) is 6.79. The van der Waals surface area contributed by atoms with Crippen LogP contribution in [0.25, 0.3) is 0 Å². The van der Waals surface area contributed by atoms with Crippen LogP contribution in [-0.4, -0.2) is 23.5 Å². The van der Waals surface area contributed by atoms with Crippen molar-refractivity contribution in [2.24, 2.45) is 0 Å². The van der Waals surface area contributed by atoms with Gasteiger partial charge in [-0.1, -0.05) is 26.3 Å². The largest absolute Gasteiger partial charge is 0.300 e. The quantitative estimate of drug-likeness (QED) is 0.713. The molecule has 0 aromatic carbocycles. The molecule has 78 valence electrons. The first-order valence-electron chi connectivity index (χ1n) is 5.39. The molecule has 0 bridgehead atoms. The van der Waals surface area contributed by atoms with E-state index in [1.54, 1.807) is 0 Å². The van der Waals surface area contributed by atoms with Crippen LogP contribution < -0.4 is 0 Å². The number of hydrogen-bond donors (Lipinski definition) is 0. The fourth-order valence-electron chi connectivity index (χ4n) is 1.71. The Morgan fingerprint density at radius 2 is 2.21 bits per heavy atom. The monoisotopic (exact) mass is 192 g/mol. The summed E-state index contributed by atoms with van der Waals surface area (Å²) < 4.78 is 0. The Labute approximate surface area is 87.0 Å². The van der Waals surface area contributed by atoms with Crippen LogP contribution in [0.1, 0.15) is 38.3 Å². The lowest BCUT2D eigenvalue weighted by Crippen LogP contribution is -2.24. The van der Waals surface area contributed by atoms with Crippen molar-refractivity contribution < 1.29 is 0 Å². The van der Waals surface area contributed by atoms with Crippen molar-refractivity contribution in [3.8, 4) is 0 Å². The van der Waals surface area contributed by atoms with Crippen molar-refractivity contribution in [2.75, 3.05) is 13.6 Å². The Morgan fingerprint density at radius 3 is 2.71 bits per heavy atom. The van der Waals surface area contributed by atoms with Crippen LogP contribution in [0.4, 0.5) is 0 Å². The minimum atomic E-state index is 0.527. The molecule has 1 heterocycles. The zero-order valence-electron chi connectivity index (χ0n) is 9.40. The van der Waals surface area contributed by atoms with E-state index in [0.717, 1.165) is 6.54 Å². The summed E-state index contributed by atoms with van der Waals surface area (Å²) >= 11 is 0. The van der Waals surface area contributed by atoms with Gasteiger partial charge in [0.05, 0.1) is 0 Å². The molecule has 2 heteroatoms. The number of nitrogens with zero attached hydrogens (tertiary/aromatic N) is 2. The predicted octanol–water partition coefficient (Wildman–Crippen LogP) is 2.87. The first-order valence-corrected chi connectivity index (χ1v) is 5.39. The second-order valence-corrected chi connectivity index (χ2v) is 3.66. The van der Waals surface area contributed by atoms with E-state index < -0.39 is 0 Å². The van der Waals surface area contributed by atoms with Crippen molar-refractivity contribution in [3.63, 3.8) is 0 Å². The molecule has 0 amide bonds. The summed E-state index contributed by atoms with van der Waals surface area (Å²) in [5, 5.41) is 0. The van der Waals surface area contributed by atoms with Gasteiger partial charge in [0.1, 0.15) is 0 Å². The normalized spacial score (nSPS) is 13.1. The van der Waals surface area contributed by atoms with Gasteiger partial charge in [-0.25, -0.2) is 0 Å². The van der Waals surface area contributed by atoms with E-state index in [0.29, 0.717) is 6.04 Å². The molecule has 0 radical (unpaired) electrons. The molecule has 0 saturated carbocycles. The van der Waals surface area contributed by atoms with Gasteiger partial charge in [-0.3, -0.25) is 9.88 Å². The molecule has 0 fully saturated rings. The standard InChI is InChI=1S/C12H20N2/c1-4-7-12(14(3)5-2)11-8-6-9-13-10-11/h6,8-10,12H,4-5,7H2,1-3H3/t12-/m0/s1. The average Bonchev–Trinajstić information content (AvgIpc) is 2.26. The lowest BCUT2D eigenvalue weighted by Gasteiger charge is -2.26. The molecule has 14 heavy (non-hydrogen) atoms. The van der Waals surface area contributed by atoms with Crippen molar-refractivity contribution in [3.05, 3.63) is 30.1 Å². The Balaban J connectivity index is 2.77. The molecule has 0 spiro atoms. The summed E-state index contributed by atoms with van der Waals surface area (Å²) in [7, 11) is 2.17. The van der Waals surface area contributed by atoms with E-state index in [2.05, 4.69) is 36.8 Å². The molecule has 0 aliphatic rings. The SMILES string of the molecule is CCC[C@@H](c1cccnc1)N(C)CC. The molecule has 0 saturated heterocycles. The van der Waals surface area contributed by atoms with Gasteiger partial charge in [0.15, 0.2) is 0 Å². The Morgan fingerprint density at radius 1 is 1.43 bits per heavy atom. The summed E-state index contributed by atoms with van der Waals surface area (Å²) in [5.74, 6) is 0. The molecule has 1 rings (SSSR count). The number of pyridine rings is 1. The highest BCUT2D eigenvalue weighted by molar-refractivity contribution is 5.13. The lowest BCUT2D eigenvalue weighted by atomic mass is 10.0. The highest BCUT2D eigenvalue weighted by atomic mass is 15.1. The van der Waals surface area contributed by atoms with Gasteiger partial charge in [0.25, 0.3) is 0 Å². The number of aromatic nitrogens is 1. The van der Waals surface area contributed by atoms with Crippen LogP contribution in [0.3, 0.4) is 0 Å². The smallest absolute Gasteiger partial charge is 0.0360 e. The molecular formula is C12H20N2. The molecule has 1 aromatic rings. The maximum Gasteiger partial charge on any atom is 0.0360 e. The lowest BCUT2D eigenvalue weighted by molar-refractivity contribution is 0.243. The third-order valence-electron chi connectivity index (χ3n) is 2.66. The maximum atomic E-state index is 4.18. The molecule has 0 N–H and O–H groups in total. The number of hydrogen-bond acceptors (Lipinski definition) is 2. The van der Waals surface area contributed by atoms with Crippen LogP contribution in [0.2, 0.25) is 0 Å². The molecule has 1 atom stereocenters. The molecule has 0 unspecified atom stereocenters. The molecule has 1 aromatic heterocycles. The zero-order valence-corrected chi connectivity index (χ0v) is 9.40.